The summed E-state index contributed by atoms with van der Waals surface area (Å²) >= 11 is 0. The van der Waals surface area contributed by atoms with E-state index in [0.717, 1.165) is 0 Å². The maximum Gasteiger partial charge on any atom is 0.251 e. The molecule has 4 nitrogen and oxygen atoms in total. The predicted octanol–water partition coefficient (Wildman–Crippen LogP) is 1.97. The summed E-state index contributed by atoms with van der Waals surface area (Å²) in [5.41, 5.74) is -0.0207. The van der Waals surface area contributed by atoms with Gasteiger partial charge in [0.2, 0.25) is 0 Å². The summed E-state index contributed by atoms with van der Waals surface area (Å²) in [6.07, 6.45) is -0.654. The van der Waals surface area contributed by atoms with Gasteiger partial charge in [-0.1, -0.05) is 20.8 Å². The fourth-order valence-electron chi connectivity index (χ4n) is 1.40. The Morgan fingerprint density at radius 2 is 2.11 bits per heavy atom. The van der Waals surface area contributed by atoms with Gasteiger partial charge in [-0.2, -0.15) is 0 Å². The Morgan fingerprint density at radius 3 is 2.63 bits per heavy atom. The van der Waals surface area contributed by atoms with Crippen LogP contribution in [0.15, 0.2) is 18.2 Å². The Hall–Kier alpha value is -1.62. The number of halogens is 1. The highest BCUT2D eigenvalue weighted by Gasteiger charge is 2.22. The number of aliphatic hydroxyl groups excluding tert-OH is 1. The monoisotopic (exact) mass is 269 g/mol. The van der Waals surface area contributed by atoms with Gasteiger partial charge >= 0.3 is 0 Å². The van der Waals surface area contributed by atoms with E-state index in [1.807, 2.05) is 20.8 Å². The molecule has 2 N–H and O–H groups in total. The lowest BCUT2D eigenvalue weighted by Crippen LogP contribution is -2.39. The molecule has 0 saturated heterocycles. The molecule has 0 aliphatic heterocycles. The molecule has 0 fully saturated rings. The van der Waals surface area contributed by atoms with Crippen LogP contribution in [-0.4, -0.2) is 30.8 Å². The van der Waals surface area contributed by atoms with Crippen LogP contribution >= 0.6 is 0 Å². The molecule has 0 aromatic heterocycles. The molecule has 0 aliphatic rings. The number of benzene rings is 1. The second-order valence-electron chi connectivity index (χ2n) is 5.44. The zero-order valence-corrected chi connectivity index (χ0v) is 11.7. The van der Waals surface area contributed by atoms with Crippen LogP contribution in [0.1, 0.15) is 31.1 Å². The lowest BCUT2D eigenvalue weighted by Gasteiger charge is -2.25. The SMILES string of the molecule is COc1cc(C(=O)NCC(O)C(C)(C)C)ccc1F. The highest BCUT2D eigenvalue weighted by Crippen LogP contribution is 2.19. The topological polar surface area (TPSA) is 58.6 Å². The Kier molecular flexibility index (Phi) is 4.89. The van der Waals surface area contributed by atoms with E-state index in [1.54, 1.807) is 0 Å². The quantitative estimate of drug-likeness (QED) is 0.878. The zero-order chi connectivity index (χ0) is 14.6. The molecule has 0 saturated carbocycles. The van der Waals surface area contributed by atoms with Gasteiger partial charge in [0.15, 0.2) is 11.6 Å². The molecule has 1 aromatic rings. The second-order valence-corrected chi connectivity index (χ2v) is 5.44. The van der Waals surface area contributed by atoms with Gasteiger partial charge in [-0.05, 0) is 23.6 Å². The molecule has 5 heteroatoms. The first-order valence-corrected chi connectivity index (χ1v) is 6.05. The van der Waals surface area contributed by atoms with Crippen molar-refractivity contribution in [1.82, 2.24) is 5.32 Å². The minimum absolute atomic E-state index is 0.0176. The van der Waals surface area contributed by atoms with E-state index in [4.69, 9.17) is 4.74 Å². The Bertz CT molecular complexity index is 454. The van der Waals surface area contributed by atoms with Crippen LogP contribution in [-0.2, 0) is 0 Å². The number of carbonyl (C=O) groups is 1. The minimum atomic E-state index is -0.654. The molecule has 0 radical (unpaired) electrons. The number of aliphatic hydroxyl groups is 1. The van der Waals surface area contributed by atoms with Gasteiger partial charge in [-0.15, -0.1) is 0 Å². The molecular weight excluding hydrogens is 249 g/mol. The lowest BCUT2D eigenvalue weighted by atomic mass is 9.89. The summed E-state index contributed by atoms with van der Waals surface area (Å²) in [5, 5.41) is 12.4. The minimum Gasteiger partial charge on any atom is -0.494 e. The molecule has 0 heterocycles. The van der Waals surface area contributed by atoms with Crippen LogP contribution in [0.5, 0.6) is 5.75 Å². The Labute approximate surface area is 112 Å². The number of methoxy groups -OCH3 is 1. The van der Waals surface area contributed by atoms with E-state index in [9.17, 15) is 14.3 Å². The Balaban J connectivity index is 2.69. The highest BCUT2D eigenvalue weighted by molar-refractivity contribution is 5.94. The number of hydrogen-bond donors (Lipinski definition) is 2. The molecule has 1 aromatic carbocycles. The van der Waals surface area contributed by atoms with E-state index in [1.165, 1.54) is 25.3 Å². The maximum atomic E-state index is 13.2. The standard InChI is InChI=1S/C14H20FNO3/c1-14(2,3)12(17)8-16-13(18)9-5-6-10(15)11(7-9)19-4/h5-7,12,17H,8H2,1-4H3,(H,16,18). The van der Waals surface area contributed by atoms with Crippen molar-refractivity contribution in [3.8, 4) is 5.75 Å². The number of rotatable bonds is 4. The first kappa shape index (κ1) is 15.4. The van der Waals surface area contributed by atoms with Gasteiger partial charge in [-0.25, -0.2) is 4.39 Å². The fourth-order valence-corrected chi connectivity index (χ4v) is 1.40. The molecule has 1 amide bonds. The Morgan fingerprint density at radius 1 is 1.47 bits per heavy atom. The van der Waals surface area contributed by atoms with Crippen molar-refractivity contribution in [2.45, 2.75) is 26.9 Å². The first-order chi connectivity index (χ1) is 8.75. The number of hydrogen-bond acceptors (Lipinski definition) is 3. The number of ether oxygens (including phenoxy) is 1. The average molecular weight is 269 g/mol. The normalized spacial score (nSPS) is 12.9. The van der Waals surface area contributed by atoms with Crippen LogP contribution in [0.2, 0.25) is 0 Å². The number of carbonyl (C=O) groups excluding carboxylic acids is 1. The summed E-state index contributed by atoms with van der Waals surface area (Å²) in [5.74, 6) is -0.876. The fraction of sp³-hybridized carbons (Fsp3) is 0.500. The molecule has 1 rings (SSSR count). The maximum absolute atomic E-state index is 13.2. The molecular formula is C14H20FNO3. The van der Waals surface area contributed by atoms with Gasteiger partial charge in [0, 0.05) is 12.1 Å². The first-order valence-electron chi connectivity index (χ1n) is 6.05. The molecule has 19 heavy (non-hydrogen) atoms. The van der Waals surface area contributed by atoms with Crippen molar-refractivity contribution in [2.75, 3.05) is 13.7 Å². The van der Waals surface area contributed by atoms with E-state index < -0.39 is 11.9 Å². The molecule has 106 valence electrons. The largest absolute Gasteiger partial charge is 0.494 e. The molecule has 1 atom stereocenters. The summed E-state index contributed by atoms with van der Waals surface area (Å²) in [7, 11) is 1.34. The molecule has 1 unspecified atom stereocenters. The van der Waals surface area contributed by atoms with Crippen molar-refractivity contribution >= 4 is 5.91 Å². The van der Waals surface area contributed by atoms with Gasteiger partial charge in [-0.3, -0.25) is 4.79 Å². The van der Waals surface area contributed by atoms with Crippen LogP contribution in [0.3, 0.4) is 0 Å². The summed E-state index contributed by atoms with van der Waals surface area (Å²) < 4.78 is 18.0. The van der Waals surface area contributed by atoms with E-state index >= 15 is 0 Å². The number of nitrogens with one attached hydrogen (secondary N) is 1. The van der Waals surface area contributed by atoms with E-state index in [-0.39, 0.29) is 23.6 Å². The number of amides is 1. The van der Waals surface area contributed by atoms with Crippen LogP contribution < -0.4 is 10.1 Å². The smallest absolute Gasteiger partial charge is 0.251 e. The van der Waals surface area contributed by atoms with Crippen LogP contribution in [0, 0.1) is 11.2 Å². The second kappa shape index (κ2) is 6.02. The third-order valence-electron chi connectivity index (χ3n) is 2.87. The van der Waals surface area contributed by atoms with Crippen LogP contribution in [0.4, 0.5) is 4.39 Å². The summed E-state index contributed by atoms with van der Waals surface area (Å²) in [6, 6.07) is 3.87. The summed E-state index contributed by atoms with van der Waals surface area (Å²) in [6.45, 7) is 5.78. The molecule has 0 bridgehead atoms. The van der Waals surface area contributed by atoms with E-state index in [0.29, 0.717) is 5.56 Å². The van der Waals surface area contributed by atoms with Gasteiger partial charge < -0.3 is 15.2 Å². The average Bonchev–Trinajstić information content (AvgIpc) is 2.34. The van der Waals surface area contributed by atoms with Crippen molar-refractivity contribution in [3.05, 3.63) is 29.6 Å². The van der Waals surface area contributed by atoms with Gasteiger partial charge in [0.1, 0.15) is 0 Å². The third-order valence-corrected chi connectivity index (χ3v) is 2.87. The van der Waals surface area contributed by atoms with Crippen molar-refractivity contribution in [2.24, 2.45) is 5.41 Å². The predicted molar refractivity (Wildman–Crippen MR) is 70.7 cm³/mol. The van der Waals surface area contributed by atoms with Crippen molar-refractivity contribution in [3.63, 3.8) is 0 Å². The van der Waals surface area contributed by atoms with Crippen molar-refractivity contribution < 1.29 is 19.0 Å². The van der Waals surface area contributed by atoms with Gasteiger partial charge in [0.05, 0.1) is 13.2 Å². The third kappa shape index (κ3) is 4.21. The molecule has 0 spiro atoms. The van der Waals surface area contributed by atoms with E-state index in [2.05, 4.69) is 5.32 Å². The summed E-state index contributed by atoms with van der Waals surface area (Å²) in [4.78, 5) is 11.9. The lowest BCUT2D eigenvalue weighted by molar-refractivity contribution is 0.0587. The van der Waals surface area contributed by atoms with Crippen LogP contribution in [0.25, 0.3) is 0 Å². The van der Waals surface area contributed by atoms with Gasteiger partial charge in [0.25, 0.3) is 5.91 Å². The molecule has 0 aliphatic carbocycles. The van der Waals surface area contributed by atoms with Crippen molar-refractivity contribution in [1.29, 1.82) is 0 Å². The zero-order valence-electron chi connectivity index (χ0n) is 11.7. The highest BCUT2D eigenvalue weighted by atomic mass is 19.1.